The molecule has 0 saturated heterocycles. The van der Waals surface area contributed by atoms with Crippen LogP contribution in [0.3, 0.4) is 0 Å². The van der Waals surface area contributed by atoms with Crippen molar-refractivity contribution < 1.29 is 27.5 Å². The molecule has 154 valence electrons. The molecule has 2 aromatic carbocycles. The van der Waals surface area contributed by atoms with Crippen LogP contribution in [0.25, 0.3) is 11.1 Å². The SMILES string of the molecule is COC(=O)C[C@@H](CS(N)(=O)=O)NC(=O)OCC1c2ccccc2-c2ccccc21. The largest absolute Gasteiger partial charge is 0.469 e. The molecule has 1 amide bonds. The second kappa shape index (κ2) is 8.62. The fraction of sp³-hybridized carbons (Fsp3) is 0.300. The quantitative estimate of drug-likeness (QED) is 0.660. The third-order valence-corrected chi connectivity index (χ3v) is 5.61. The van der Waals surface area contributed by atoms with E-state index in [1.165, 1.54) is 7.11 Å². The number of primary sulfonamides is 1. The van der Waals surface area contributed by atoms with Gasteiger partial charge in [0, 0.05) is 5.92 Å². The van der Waals surface area contributed by atoms with Gasteiger partial charge in [-0.25, -0.2) is 18.4 Å². The first kappa shape index (κ1) is 20.8. The summed E-state index contributed by atoms with van der Waals surface area (Å²) >= 11 is 0. The minimum atomic E-state index is -3.91. The Balaban J connectivity index is 1.69. The van der Waals surface area contributed by atoms with E-state index < -0.39 is 33.9 Å². The number of hydrogen-bond acceptors (Lipinski definition) is 6. The summed E-state index contributed by atoms with van der Waals surface area (Å²) in [7, 11) is -2.74. The van der Waals surface area contributed by atoms with Crippen molar-refractivity contribution >= 4 is 22.1 Å². The highest BCUT2D eigenvalue weighted by Crippen LogP contribution is 2.44. The molecule has 1 aliphatic carbocycles. The Morgan fingerprint density at radius 3 is 2.14 bits per heavy atom. The normalized spacial score (nSPS) is 13.9. The summed E-state index contributed by atoms with van der Waals surface area (Å²) < 4.78 is 32.6. The van der Waals surface area contributed by atoms with Crippen molar-refractivity contribution in [2.75, 3.05) is 19.5 Å². The molecule has 29 heavy (non-hydrogen) atoms. The molecule has 0 saturated carbocycles. The minimum absolute atomic E-state index is 0.0696. The smallest absolute Gasteiger partial charge is 0.407 e. The zero-order valence-electron chi connectivity index (χ0n) is 15.8. The Bertz CT molecular complexity index is 976. The number of rotatable bonds is 7. The van der Waals surface area contributed by atoms with Crippen molar-refractivity contribution in [3.8, 4) is 11.1 Å². The van der Waals surface area contributed by atoms with Crippen LogP contribution in [0, 0.1) is 0 Å². The second-order valence-corrected chi connectivity index (χ2v) is 8.44. The number of ether oxygens (including phenoxy) is 2. The third kappa shape index (κ3) is 5.12. The maximum atomic E-state index is 12.3. The molecule has 3 N–H and O–H groups in total. The van der Waals surface area contributed by atoms with Crippen LogP contribution >= 0.6 is 0 Å². The van der Waals surface area contributed by atoms with Gasteiger partial charge in [-0.05, 0) is 22.3 Å². The summed E-state index contributed by atoms with van der Waals surface area (Å²) in [5.74, 6) is -1.41. The monoisotopic (exact) mass is 418 g/mol. The van der Waals surface area contributed by atoms with Crippen LogP contribution in [-0.4, -0.2) is 46.0 Å². The molecule has 0 fully saturated rings. The van der Waals surface area contributed by atoms with E-state index in [4.69, 9.17) is 9.88 Å². The van der Waals surface area contributed by atoms with Crippen molar-refractivity contribution in [2.24, 2.45) is 5.14 Å². The van der Waals surface area contributed by atoms with Gasteiger partial charge in [0.2, 0.25) is 10.0 Å². The van der Waals surface area contributed by atoms with E-state index in [1.807, 2.05) is 48.5 Å². The molecule has 9 heteroatoms. The lowest BCUT2D eigenvalue weighted by Crippen LogP contribution is -2.43. The molecule has 1 aliphatic rings. The van der Waals surface area contributed by atoms with Crippen molar-refractivity contribution in [1.82, 2.24) is 5.32 Å². The molecule has 0 aromatic heterocycles. The molecule has 2 aromatic rings. The standard InChI is InChI=1S/C20H22N2O6S/c1-27-19(23)10-13(12-29(21,25)26)22-20(24)28-11-18-16-8-4-2-6-14(16)15-7-3-5-9-17(15)18/h2-9,13,18H,10-12H2,1H3,(H,22,24)(H2,21,25,26)/t13-/m0/s1. The van der Waals surface area contributed by atoms with E-state index in [0.29, 0.717) is 0 Å². The summed E-state index contributed by atoms with van der Waals surface area (Å²) in [6, 6.07) is 14.7. The average molecular weight is 418 g/mol. The van der Waals surface area contributed by atoms with Gasteiger partial charge in [0.25, 0.3) is 0 Å². The number of esters is 1. The van der Waals surface area contributed by atoms with Crippen LogP contribution < -0.4 is 10.5 Å². The molecule has 0 bridgehead atoms. The summed E-state index contributed by atoms with van der Waals surface area (Å²) in [6.07, 6.45) is -1.17. The lowest BCUT2D eigenvalue weighted by molar-refractivity contribution is -0.141. The topological polar surface area (TPSA) is 125 Å². The van der Waals surface area contributed by atoms with Gasteiger partial charge >= 0.3 is 12.1 Å². The van der Waals surface area contributed by atoms with Gasteiger partial charge in [-0.2, -0.15) is 0 Å². The number of hydrogen-bond donors (Lipinski definition) is 2. The molecule has 3 rings (SSSR count). The number of nitrogens with one attached hydrogen (secondary N) is 1. The highest BCUT2D eigenvalue weighted by molar-refractivity contribution is 7.89. The summed E-state index contributed by atoms with van der Waals surface area (Å²) in [5, 5.41) is 7.43. The number of nitrogens with two attached hydrogens (primary N) is 1. The number of carbonyl (C=O) groups is 2. The van der Waals surface area contributed by atoms with Crippen LogP contribution in [-0.2, 0) is 24.3 Å². The number of sulfonamides is 1. The molecule has 1 atom stereocenters. The lowest BCUT2D eigenvalue weighted by Gasteiger charge is -2.18. The number of carbonyl (C=O) groups excluding carboxylic acids is 2. The number of fused-ring (bicyclic) bond motifs is 3. The molecule has 0 radical (unpaired) electrons. The lowest BCUT2D eigenvalue weighted by atomic mass is 9.98. The van der Waals surface area contributed by atoms with Gasteiger partial charge < -0.3 is 14.8 Å². The van der Waals surface area contributed by atoms with Gasteiger partial charge in [0.05, 0.1) is 25.3 Å². The molecular formula is C20H22N2O6S. The summed E-state index contributed by atoms with van der Waals surface area (Å²) in [5.41, 5.74) is 4.29. The van der Waals surface area contributed by atoms with Crippen LogP contribution in [0.5, 0.6) is 0 Å². The van der Waals surface area contributed by atoms with Crippen molar-refractivity contribution in [3.63, 3.8) is 0 Å². The van der Waals surface area contributed by atoms with Crippen molar-refractivity contribution in [1.29, 1.82) is 0 Å². The Hall–Kier alpha value is -2.91. The second-order valence-electron chi connectivity index (χ2n) is 6.78. The highest BCUT2D eigenvalue weighted by Gasteiger charge is 2.29. The Morgan fingerprint density at radius 1 is 1.07 bits per heavy atom. The van der Waals surface area contributed by atoms with E-state index in [9.17, 15) is 18.0 Å². The first-order chi connectivity index (χ1) is 13.8. The Labute approximate surface area is 169 Å². The first-order valence-corrected chi connectivity index (χ1v) is 10.7. The van der Waals surface area contributed by atoms with Gasteiger partial charge in [-0.3, -0.25) is 4.79 Å². The van der Waals surface area contributed by atoms with Crippen LogP contribution in [0.15, 0.2) is 48.5 Å². The molecule has 0 unspecified atom stereocenters. The predicted molar refractivity (Wildman–Crippen MR) is 107 cm³/mol. The molecule has 0 spiro atoms. The molecule has 0 heterocycles. The van der Waals surface area contributed by atoms with Gasteiger partial charge in [-0.1, -0.05) is 48.5 Å². The van der Waals surface area contributed by atoms with E-state index in [1.54, 1.807) is 0 Å². The minimum Gasteiger partial charge on any atom is -0.469 e. The summed E-state index contributed by atoms with van der Waals surface area (Å²) in [4.78, 5) is 23.7. The van der Waals surface area contributed by atoms with Crippen LogP contribution in [0.1, 0.15) is 23.5 Å². The van der Waals surface area contributed by atoms with Crippen molar-refractivity contribution in [2.45, 2.75) is 18.4 Å². The van der Waals surface area contributed by atoms with Crippen LogP contribution in [0.2, 0.25) is 0 Å². The highest BCUT2D eigenvalue weighted by atomic mass is 32.2. The Morgan fingerprint density at radius 2 is 1.62 bits per heavy atom. The van der Waals surface area contributed by atoms with E-state index in [2.05, 4.69) is 10.1 Å². The zero-order valence-corrected chi connectivity index (χ0v) is 16.6. The first-order valence-electron chi connectivity index (χ1n) is 8.97. The maximum absolute atomic E-state index is 12.3. The average Bonchev–Trinajstić information content (AvgIpc) is 2.99. The predicted octanol–water partition coefficient (Wildman–Crippen LogP) is 1.75. The number of benzene rings is 2. The van der Waals surface area contributed by atoms with Gasteiger partial charge in [0.15, 0.2) is 0 Å². The van der Waals surface area contributed by atoms with Gasteiger partial charge in [0.1, 0.15) is 6.61 Å². The van der Waals surface area contributed by atoms with E-state index >= 15 is 0 Å². The maximum Gasteiger partial charge on any atom is 0.407 e. The molecule has 0 aliphatic heterocycles. The number of amides is 1. The fourth-order valence-electron chi connectivity index (χ4n) is 3.52. The Kier molecular flexibility index (Phi) is 6.19. The number of alkyl carbamates (subject to hydrolysis) is 1. The summed E-state index contributed by atoms with van der Waals surface area (Å²) in [6.45, 7) is 0.0696. The van der Waals surface area contributed by atoms with Gasteiger partial charge in [-0.15, -0.1) is 0 Å². The molecule has 8 nitrogen and oxygen atoms in total. The fourth-order valence-corrected chi connectivity index (χ4v) is 4.29. The molecular weight excluding hydrogens is 396 g/mol. The third-order valence-electron chi connectivity index (χ3n) is 4.74. The van der Waals surface area contributed by atoms with Crippen LogP contribution in [0.4, 0.5) is 4.79 Å². The van der Waals surface area contributed by atoms with Crippen molar-refractivity contribution in [3.05, 3.63) is 59.7 Å². The zero-order chi connectivity index (χ0) is 21.0. The number of methoxy groups -OCH3 is 1. The van der Waals surface area contributed by atoms with E-state index in [-0.39, 0.29) is 18.9 Å². The van der Waals surface area contributed by atoms with E-state index in [0.717, 1.165) is 22.3 Å².